The van der Waals surface area contributed by atoms with E-state index < -0.39 is 5.97 Å². The number of hydrogen-bond acceptors (Lipinski definition) is 4. The third-order valence-corrected chi connectivity index (χ3v) is 4.87. The van der Waals surface area contributed by atoms with Crippen LogP contribution in [0.1, 0.15) is 32.1 Å². The van der Waals surface area contributed by atoms with Crippen molar-refractivity contribution in [1.82, 2.24) is 0 Å². The van der Waals surface area contributed by atoms with Gasteiger partial charge >= 0.3 is 5.97 Å². The second-order valence-corrected chi connectivity index (χ2v) is 6.28. The van der Waals surface area contributed by atoms with Gasteiger partial charge in [0.15, 0.2) is 0 Å². The molecule has 0 amide bonds. The SMILES string of the molecule is COCOC/C=C/[C@@H]1[C@H]2CC(CCC(=O)O)C[C@H]2C[C@H]1O. The Balaban J connectivity index is 1.81. The summed E-state index contributed by atoms with van der Waals surface area (Å²) in [5.41, 5.74) is 0. The number of aliphatic carboxylic acids is 1. The van der Waals surface area contributed by atoms with Crippen LogP contribution >= 0.6 is 0 Å². The Bertz CT molecular complexity index is 368. The highest BCUT2D eigenvalue weighted by atomic mass is 16.7. The van der Waals surface area contributed by atoms with Gasteiger partial charge in [0.1, 0.15) is 6.79 Å². The lowest BCUT2D eigenvalue weighted by Crippen LogP contribution is -2.17. The van der Waals surface area contributed by atoms with Crippen molar-refractivity contribution in [3.8, 4) is 0 Å². The highest BCUT2D eigenvalue weighted by molar-refractivity contribution is 5.66. The quantitative estimate of drug-likeness (QED) is 0.407. The van der Waals surface area contributed by atoms with Gasteiger partial charge in [0.25, 0.3) is 0 Å². The molecule has 2 rings (SSSR count). The van der Waals surface area contributed by atoms with Crippen molar-refractivity contribution in [2.75, 3.05) is 20.5 Å². The van der Waals surface area contributed by atoms with Crippen molar-refractivity contribution in [2.24, 2.45) is 23.7 Å². The Kier molecular flexibility index (Phi) is 6.21. The third-order valence-electron chi connectivity index (χ3n) is 4.87. The van der Waals surface area contributed by atoms with Gasteiger partial charge in [-0.2, -0.15) is 0 Å². The molecule has 0 aromatic carbocycles. The average Bonchev–Trinajstić information content (AvgIpc) is 2.94. The van der Waals surface area contributed by atoms with Crippen LogP contribution in [0.4, 0.5) is 0 Å². The first-order chi connectivity index (χ1) is 10.1. The van der Waals surface area contributed by atoms with E-state index in [4.69, 9.17) is 14.6 Å². The molecule has 2 aliphatic carbocycles. The zero-order valence-corrected chi connectivity index (χ0v) is 12.6. The van der Waals surface area contributed by atoms with E-state index in [2.05, 4.69) is 6.08 Å². The number of methoxy groups -OCH3 is 1. The van der Waals surface area contributed by atoms with Crippen LogP contribution in [0.3, 0.4) is 0 Å². The van der Waals surface area contributed by atoms with Crippen LogP contribution in [0.15, 0.2) is 12.2 Å². The molecule has 1 unspecified atom stereocenters. The van der Waals surface area contributed by atoms with Gasteiger partial charge in [-0.3, -0.25) is 4.79 Å². The summed E-state index contributed by atoms with van der Waals surface area (Å²) in [6.45, 7) is 0.776. The fraction of sp³-hybridized carbons (Fsp3) is 0.812. The molecule has 0 radical (unpaired) electrons. The lowest BCUT2D eigenvalue weighted by atomic mass is 9.89. The standard InChI is InChI=1S/C16H26O5/c1-20-10-21-6-2-3-13-14-8-11(4-5-16(18)19)7-12(14)9-15(13)17/h2-3,11-15,17H,4-10H2,1H3,(H,18,19)/b3-2+/t11?,12-,13+,14-,15+/m0/s1. The van der Waals surface area contributed by atoms with E-state index in [1.54, 1.807) is 7.11 Å². The molecule has 0 aromatic heterocycles. The summed E-state index contributed by atoms with van der Waals surface area (Å²) >= 11 is 0. The third kappa shape index (κ3) is 4.53. The summed E-state index contributed by atoms with van der Waals surface area (Å²) in [6, 6.07) is 0. The minimum atomic E-state index is -0.709. The molecular formula is C16H26O5. The van der Waals surface area contributed by atoms with E-state index in [1.165, 1.54) is 0 Å². The summed E-state index contributed by atoms with van der Waals surface area (Å²) in [6.07, 6.45) is 7.76. The first-order valence-corrected chi connectivity index (χ1v) is 7.75. The van der Waals surface area contributed by atoms with Crippen LogP contribution in [0, 0.1) is 23.7 Å². The van der Waals surface area contributed by atoms with Crippen molar-refractivity contribution in [2.45, 2.75) is 38.2 Å². The summed E-state index contributed by atoms with van der Waals surface area (Å²) < 4.78 is 10.0. The van der Waals surface area contributed by atoms with Gasteiger partial charge in [-0.05, 0) is 43.4 Å². The maximum atomic E-state index is 10.7. The van der Waals surface area contributed by atoms with E-state index in [0.717, 1.165) is 25.7 Å². The minimum absolute atomic E-state index is 0.191. The first kappa shape index (κ1) is 16.5. The van der Waals surface area contributed by atoms with Crippen molar-refractivity contribution in [3.05, 3.63) is 12.2 Å². The number of carboxylic acid groups (broad SMARTS) is 1. The molecule has 0 spiro atoms. The van der Waals surface area contributed by atoms with Crippen LogP contribution < -0.4 is 0 Å². The predicted molar refractivity (Wildman–Crippen MR) is 77.7 cm³/mol. The number of fused-ring (bicyclic) bond motifs is 1. The highest BCUT2D eigenvalue weighted by Crippen LogP contribution is 2.51. The number of hydrogen-bond donors (Lipinski definition) is 2. The van der Waals surface area contributed by atoms with E-state index >= 15 is 0 Å². The number of aliphatic hydroxyl groups is 1. The molecule has 5 atom stereocenters. The van der Waals surface area contributed by atoms with Crippen molar-refractivity contribution in [1.29, 1.82) is 0 Å². The van der Waals surface area contributed by atoms with E-state index in [0.29, 0.717) is 24.4 Å². The monoisotopic (exact) mass is 298 g/mol. The topological polar surface area (TPSA) is 76.0 Å². The lowest BCUT2D eigenvalue weighted by molar-refractivity contribution is -0.137. The molecular weight excluding hydrogens is 272 g/mol. The average molecular weight is 298 g/mol. The molecule has 21 heavy (non-hydrogen) atoms. The largest absolute Gasteiger partial charge is 0.481 e. The first-order valence-electron chi connectivity index (χ1n) is 7.75. The molecule has 5 nitrogen and oxygen atoms in total. The molecule has 2 fully saturated rings. The van der Waals surface area contributed by atoms with Gasteiger partial charge in [0.2, 0.25) is 0 Å². The molecule has 5 heteroatoms. The summed E-state index contributed by atoms with van der Waals surface area (Å²) in [4.78, 5) is 10.7. The second kappa shape index (κ2) is 7.92. The maximum Gasteiger partial charge on any atom is 0.303 e. The number of rotatable bonds is 8. The minimum Gasteiger partial charge on any atom is -0.481 e. The molecule has 0 bridgehead atoms. The summed E-state index contributed by atoms with van der Waals surface area (Å²) in [5.74, 6) is 1.03. The van der Waals surface area contributed by atoms with Gasteiger partial charge < -0.3 is 19.7 Å². The Hall–Kier alpha value is -0.910. The van der Waals surface area contributed by atoms with Gasteiger partial charge in [-0.1, -0.05) is 12.2 Å². The maximum absolute atomic E-state index is 10.7. The number of aliphatic hydroxyl groups excluding tert-OH is 1. The van der Waals surface area contributed by atoms with Gasteiger partial charge in [0, 0.05) is 19.4 Å². The fourth-order valence-electron chi connectivity index (χ4n) is 4.02. The van der Waals surface area contributed by atoms with Crippen molar-refractivity contribution in [3.63, 3.8) is 0 Å². The predicted octanol–water partition coefficient (Wildman–Crippen LogP) is 2.05. The van der Waals surface area contributed by atoms with Crippen molar-refractivity contribution >= 4 is 5.97 Å². The van der Waals surface area contributed by atoms with Gasteiger partial charge in [-0.25, -0.2) is 0 Å². The van der Waals surface area contributed by atoms with Gasteiger partial charge in [-0.15, -0.1) is 0 Å². The highest BCUT2D eigenvalue weighted by Gasteiger charge is 2.46. The van der Waals surface area contributed by atoms with E-state index in [-0.39, 0.29) is 25.2 Å². The smallest absolute Gasteiger partial charge is 0.303 e. The normalized spacial score (nSPS) is 35.4. The van der Waals surface area contributed by atoms with Crippen molar-refractivity contribution < 1.29 is 24.5 Å². The zero-order valence-electron chi connectivity index (χ0n) is 12.6. The van der Waals surface area contributed by atoms with E-state index in [1.807, 2.05) is 6.08 Å². The van der Waals surface area contributed by atoms with Crippen LogP contribution in [-0.4, -0.2) is 42.8 Å². The Morgan fingerprint density at radius 1 is 1.33 bits per heavy atom. The zero-order chi connectivity index (χ0) is 15.2. The van der Waals surface area contributed by atoms with Crippen LogP contribution in [0.5, 0.6) is 0 Å². The molecule has 0 aliphatic heterocycles. The Morgan fingerprint density at radius 2 is 2.14 bits per heavy atom. The molecule has 2 aliphatic rings. The van der Waals surface area contributed by atoms with Crippen LogP contribution in [-0.2, 0) is 14.3 Å². The van der Waals surface area contributed by atoms with E-state index in [9.17, 15) is 9.90 Å². The molecule has 0 saturated heterocycles. The lowest BCUT2D eigenvalue weighted by Gasteiger charge is -2.18. The molecule has 0 aromatic rings. The molecule has 120 valence electrons. The molecule has 2 saturated carbocycles. The van der Waals surface area contributed by atoms with Crippen LogP contribution in [0.2, 0.25) is 0 Å². The fourth-order valence-corrected chi connectivity index (χ4v) is 4.02. The van der Waals surface area contributed by atoms with Gasteiger partial charge in [0.05, 0.1) is 12.7 Å². The van der Waals surface area contributed by atoms with Crippen LogP contribution in [0.25, 0.3) is 0 Å². The second-order valence-electron chi connectivity index (χ2n) is 6.28. The summed E-state index contributed by atoms with van der Waals surface area (Å²) in [7, 11) is 1.59. The molecule has 0 heterocycles. The number of carbonyl (C=O) groups is 1. The summed E-state index contributed by atoms with van der Waals surface area (Å²) in [5, 5.41) is 19.0. The molecule has 2 N–H and O–H groups in total. The Morgan fingerprint density at radius 3 is 2.86 bits per heavy atom. The Labute approximate surface area is 125 Å². The number of carboxylic acids is 1. The number of ether oxygens (including phenoxy) is 2.